The zero-order valence-corrected chi connectivity index (χ0v) is 19.5. The fraction of sp³-hybridized carbons (Fsp3) is 0.333. The minimum Gasteiger partial charge on any atom is -0.459 e. The van der Waals surface area contributed by atoms with E-state index in [2.05, 4.69) is 5.32 Å². The average Bonchev–Trinajstić information content (AvgIpc) is 3.20. The zero-order valence-electron chi connectivity index (χ0n) is 19.5. The number of amides is 2. The van der Waals surface area contributed by atoms with E-state index in [9.17, 15) is 29.3 Å². The predicted octanol–water partition coefficient (Wildman–Crippen LogP) is 3.00. The lowest BCUT2D eigenvalue weighted by Gasteiger charge is -2.17. The van der Waals surface area contributed by atoms with Crippen LogP contribution in [0.5, 0.6) is 0 Å². The minimum atomic E-state index is -0.763. The number of hydrogen-bond donors (Lipinski definition) is 1. The van der Waals surface area contributed by atoms with E-state index < -0.39 is 35.3 Å². The van der Waals surface area contributed by atoms with Crippen LogP contribution in [0.15, 0.2) is 42.5 Å². The van der Waals surface area contributed by atoms with Crippen molar-refractivity contribution in [2.24, 2.45) is 5.92 Å². The Labute approximate surface area is 201 Å². The summed E-state index contributed by atoms with van der Waals surface area (Å²) in [4.78, 5) is 60.9. The summed E-state index contributed by atoms with van der Waals surface area (Å²) in [6, 6.07) is 10.5. The molecule has 184 valence electrons. The quantitative estimate of drug-likeness (QED) is 0.343. The number of anilines is 2. The summed E-state index contributed by atoms with van der Waals surface area (Å²) in [6.45, 7) is 4.53. The summed E-state index contributed by atoms with van der Waals surface area (Å²) in [7, 11) is 0. The second-order valence-corrected chi connectivity index (χ2v) is 8.32. The Morgan fingerprint density at radius 1 is 1.17 bits per heavy atom. The van der Waals surface area contributed by atoms with Crippen LogP contribution in [-0.4, -0.2) is 47.9 Å². The number of aryl methyl sites for hydroxylation is 1. The summed E-state index contributed by atoms with van der Waals surface area (Å²) in [5.41, 5.74) is 1.36. The fourth-order valence-electron chi connectivity index (χ4n) is 3.51. The average molecular weight is 483 g/mol. The van der Waals surface area contributed by atoms with Gasteiger partial charge in [0.05, 0.1) is 22.5 Å². The Balaban J connectivity index is 1.53. The van der Waals surface area contributed by atoms with Crippen LogP contribution in [0.3, 0.4) is 0 Å². The number of carbonyl (C=O) groups is 4. The molecule has 1 heterocycles. The third-order valence-electron chi connectivity index (χ3n) is 5.25. The van der Waals surface area contributed by atoms with Gasteiger partial charge in [0, 0.05) is 36.0 Å². The van der Waals surface area contributed by atoms with Crippen LogP contribution in [0.25, 0.3) is 0 Å². The zero-order chi connectivity index (χ0) is 25.7. The van der Waals surface area contributed by atoms with Crippen molar-refractivity contribution in [2.45, 2.75) is 33.3 Å². The molecular weight excluding hydrogens is 458 g/mol. The van der Waals surface area contributed by atoms with Crippen molar-refractivity contribution in [3.8, 4) is 0 Å². The number of ether oxygens (including phenoxy) is 2. The molecule has 0 aliphatic carbocycles. The van der Waals surface area contributed by atoms with Crippen molar-refractivity contribution >= 4 is 40.8 Å². The molecule has 1 fully saturated rings. The van der Waals surface area contributed by atoms with E-state index in [1.165, 1.54) is 23.1 Å². The summed E-state index contributed by atoms with van der Waals surface area (Å²) in [5, 5.41) is 13.5. The van der Waals surface area contributed by atoms with Gasteiger partial charge < -0.3 is 19.7 Å². The number of rotatable bonds is 8. The lowest BCUT2D eigenvalue weighted by Crippen LogP contribution is -2.28. The molecule has 1 aliphatic rings. The van der Waals surface area contributed by atoms with Crippen LogP contribution in [0.2, 0.25) is 0 Å². The normalized spacial score (nSPS) is 15.1. The lowest BCUT2D eigenvalue weighted by molar-refractivity contribution is -0.385. The predicted molar refractivity (Wildman–Crippen MR) is 125 cm³/mol. The molecule has 2 amide bonds. The van der Waals surface area contributed by atoms with E-state index in [0.717, 1.165) is 0 Å². The molecule has 11 nitrogen and oxygen atoms in total. The van der Waals surface area contributed by atoms with Gasteiger partial charge in [-0.2, -0.15) is 0 Å². The number of nitrogens with one attached hydrogen (secondary N) is 1. The van der Waals surface area contributed by atoms with Crippen molar-refractivity contribution in [3.63, 3.8) is 0 Å². The van der Waals surface area contributed by atoms with Crippen LogP contribution in [0.4, 0.5) is 17.1 Å². The van der Waals surface area contributed by atoms with Crippen LogP contribution in [0.1, 0.15) is 36.2 Å². The van der Waals surface area contributed by atoms with Gasteiger partial charge in [0.25, 0.3) is 11.6 Å². The van der Waals surface area contributed by atoms with Gasteiger partial charge in [0.1, 0.15) is 0 Å². The molecule has 1 saturated heterocycles. The van der Waals surface area contributed by atoms with Crippen LogP contribution < -0.4 is 10.2 Å². The first kappa shape index (κ1) is 25.3. The highest BCUT2D eigenvalue weighted by Crippen LogP contribution is 2.27. The Hall–Kier alpha value is -4.28. The number of esters is 2. The first-order valence-corrected chi connectivity index (χ1v) is 10.9. The van der Waals surface area contributed by atoms with Crippen LogP contribution in [-0.2, 0) is 23.9 Å². The first-order chi connectivity index (χ1) is 16.5. The maximum atomic E-state index is 12.4. The van der Waals surface area contributed by atoms with Gasteiger partial charge in [0.15, 0.2) is 6.61 Å². The van der Waals surface area contributed by atoms with Gasteiger partial charge in [-0.25, -0.2) is 4.79 Å². The molecule has 1 atom stereocenters. The lowest BCUT2D eigenvalue weighted by atomic mass is 10.1. The molecule has 2 aromatic carbocycles. The van der Waals surface area contributed by atoms with Crippen molar-refractivity contribution in [2.75, 3.05) is 23.4 Å². The molecule has 11 heteroatoms. The Kier molecular flexibility index (Phi) is 7.80. The van der Waals surface area contributed by atoms with Crippen LogP contribution in [0, 0.1) is 23.0 Å². The number of benzene rings is 2. The van der Waals surface area contributed by atoms with E-state index in [4.69, 9.17) is 9.47 Å². The number of nitro benzene ring substituents is 1. The van der Waals surface area contributed by atoms with Crippen molar-refractivity contribution < 1.29 is 33.6 Å². The Bertz CT molecular complexity index is 1160. The third kappa shape index (κ3) is 6.40. The molecule has 3 rings (SSSR count). The molecule has 0 spiro atoms. The van der Waals surface area contributed by atoms with E-state index in [0.29, 0.717) is 16.8 Å². The first-order valence-electron chi connectivity index (χ1n) is 10.9. The second kappa shape index (κ2) is 10.8. The molecule has 0 unspecified atom stereocenters. The third-order valence-corrected chi connectivity index (χ3v) is 5.25. The largest absolute Gasteiger partial charge is 0.459 e. The number of hydrogen-bond acceptors (Lipinski definition) is 8. The van der Waals surface area contributed by atoms with Crippen molar-refractivity contribution in [3.05, 3.63) is 63.7 Å². The molecule has 0 saturated carbocycles. The molecule has 0 bridgehead atoms. The molecule has 1 aliphatic heterocycles. The van der Waals surface area contributed by atoms with Gasteiger partial charge in [-0.15, -0.1) is 0 Å². The number of nitro groups is 1. The molecule has 1 N–H and O–H groups in total. The standard InChI is InChI=1S/C24H25N3O8/c1-14(2)35-24(31)16-5-8-19(9-6-16)26-12-17(10-22(26)29)23(30)34-13-21(28)25-18-7-4-15(3)20(11-18)27(32)33/h4-9,11,14,17H,10,12-13H2,1-3H3,(H,25,28)/t17-/m1/s1. The fourth-order valence-corrected chi connectivity index (χ4v) is 3.51. The smallest absolute Gasteiger partial charge is 0.338 e. The van der Waals surface area contributed by atoms with Crippen LogP contribution >= 0.6 is 0 Å². The van der Waals surface area contributed by atoms with E-state index >= 15 is 0 Å². The van der Waals surface area contributed by atoms with Gasteiger partial charge in [-0.3, -0.25) is 24.5 Å². The minimum absolute atomic E-state index is 0.0687. The maximum absolute atomic E-state index is 12.4. The highest BCUT2D eigenvalue weighted by atomic mass is 16.6. The highest BCUT2D eigenvalue weighted by molar-refractivity contribution is 6.00. The summed E-state index contributed by atoms with van der Waals surface area (Å²) < 4.78 is 10.2. The van der Waals surface area contributed by atoms with Gasteiger partial charge in [0.2, 0.25) is 5.91 Å². The van der Waals surface area contributed by atoms with E-state index in [-0.39, 0.29) is 36.4 Å². The summed E-state index contributed by atoms with van der Waals surface area (Å²) in [5.74, 6) is -2.90. The van der Waals surface area contributed by atoms with Gasteiger partial charge in [-0.05, 0) is 51.1 Å². The summed E-state index contributed by atoms with van der Waals surface area (Å²) in [6.07, 6.45) is -0.339. The van der Waals surface area contributed by atoms with E-state index in [1.807, 2.05) is 0 Å². The van der Waals surface area contributed by atoms with Gasteiger partial charge in [-0.1, -0.05) is 6.07 Å². The molecular formula is C24H25N3O8. The SMILES string of the molecule is Cc1ccc(NC(=O)COC(=O)[C@@H]2CC(=O)N(c3ccc(C(=O)OC(C)C)cc3)C2)cc1[N+](=O)[O-]. The van der Waals surface area contributed by atoms with Crippen molar-refractivity contribution in [1.82, 2.24) is 0 Å². The highest BCUT2D eigenvalue weighted by Gasteiger charge is 2.36. The van der Waals surface area contributed by atoms with Crippen molar-refractivity contribution in [1.29, 1.82) is 0 Å². The number of carbonyl (C=O) groups excluding carboxylic acids is 4. The molecule has 2 aromatic rings. The maximum Gasteiger partial charge on any atom is 0.338 e. The number of nitrogens with zero attached hydrogens (tertiary/aromatic N) is 2. The molecule has 0 aromatic heterocycles. The topological polar surface area (TPSA) is 145 Å². The monoisotopic (exact) mass is 483 g/mol. The van der Waals surface area contributed by atoms with Gasteiger partial charge >= 0.3 is 11.9 Å². The van der Waals surface area contributed by atoms with E-state index in [1.54, 1.807) is 45.0 Å². The Morgan fingerprint density at radius 3 is 2.49 bits per heavy atom. The summed E-state index contributed by atoms with van der Waals surface area (Å²) >= 11 is 0. The second-order valence-electron chi connectivity index (χ2n) is 8.32. The molecule has 0 radical (unpaired) electrons. The molecule has 35 heavy (non-hydrogen) atoms. The Morgan fingerprint density at radius 2 is 1.86 bits per heavy atom.